The van der Waals surface area contributed by atoms with Crippen LogP contribution in [0.3, 0.4) is 0 Å². The number of nitrogens with one attached hydrogen (secondary N) is 1. The van der Waals surface area contributed by atoms with E-state index in [1.54, 1.807) is 12.4 Å². The molecule has 0 aliphatic carbocycles. The molecule has 5 nitrogen and oxygen atoms in total. The van der Waals surface area contributed by atoms with E-state index in [2.05, 4.69) is 20.2 Å². The second kappa shape index (κ2) is 4.52. The summed E-state index contributed by atoms with van der Waals surface area (Å²) in [5.74, 6) is 0.414. The monoisotopic (exact) mass is 220 g/mol. The van der Waals surface area contributed by atoms with E-state index < -0.39 is 5.82 Å². The summed E-state index contributed by atoms with van der Waals surface area (Å²) in [5, 5.41) is 7.64. The van der Waals surface area contributed by atoms with E-state index in [1.807, 2.05) is 0 Å². The first-order valence-electron chi connectivity index (χ1n) is 4.54. The van der Waals surface area contributed by atoms with E-state index in [0.717, 1.165) is 0 Å². The second-order valence-corrected chi connectivity index (χ2v) is 2.93. The molecule has 6 heteroatoms. The van der Waals surface area contributed by atoms with Crippen LogP contribution in [-0.4, -0.2) is 17.1 Å². The molecule has 0 bridgehead atoms. The van der Waals surface area contributed by atoms with Gasteiger partial charge in [0, 0.05) is 18.5 Å². The number of nitrogens with zero attached hydrogens (tertiary/aromatic N) is 3. The van der Waals surface area contributed by atoms with Gasteiger partial charge in [0.15, 0.2) is 0 Å². The molecular weight excluding hydrogens is 211 g/mol. The van der Waals surface area contributed by atoms with Gasteiger partial charge in [0.05, 0.1) is 7.11 Å². The summed E-state index contributed by atoms with van der Waals surface area (Å²) in [6.07, 6.45) is 3.17. The van der Waals surface area contributed by atoms with Crippen molar-refractivity contribution in [2.75, 3.05) is 7.11 Å². The lowest BCUT2D eigenvalue weighted by Gasteiger charge is -2.01. The number of methoxy groups -OCH3 is 1. The van der Waals surface area contributed by atoms with Crippen LogP contribution in [0.1, 0.15) is 0 Å². The van der Waals surface area contributed by atoms with E-state index in [4.69, 9.17) is 4.74 Å². The van der Waals surface area contributed by atoms with Gasteiger partial charge < -0.3 is 9.72 Å². The van der Waals surface area contributed by atoms with Gasteiger partial charge in [-0.25, -0.2) is 9.37 Å². The van der Waals surface area contributed by atoms with Crippen molar-refractivity contribution in [3.8, 4) is 5.75 Å². The number of halogens is 1. The topological polar surface area (TPSA) is 62.6 Å². The Hall–Kier alpha value is -2.24. The lowest BCUT2D eigenvalue weighted by Crippen LogP contribution is -1.83. The number of aromatic nitrogens is 2. The van der Waals surface area contributed by atoms with Crippen molar-refractivity contribution in [2.24, 2.45) is 10.2 Å². The maximum absolute atomic E-state index is 13.0. The zero-order valence-electron chi connectivity index (χ0n) is 8.51. The van der Waals surface area contributed by atoms with Gasteiger partial charge in [-0.05, 0) is 12.1 Å². The third-order valence-corrected chi connectivity index (χ3v) is 1.88. The molecule has 0 unspecified atom stereocenters. The van der Waals surface area contributed by atoms with E-state index in [1.165, 1.54) is 25.3 Å². The first-order valence-corrected chi connectivity index (χ1v) is 4.54. The van der Waals surface area contributed by atoms with Crippen molar-refractivity contribution in [3.63, 3.8) is 0 Å². The van der Waals surface area contributed by atoms with Crippen molar-refractivity contribution in [1.29, 1.82) is 0 Å². The van der Waals surface area contributed by atoms with Gasteiger partial charge in [-0.15, -0.1) is 10.2 Å². The fourth-order valence-electron chi connectivity index (χ4n) is 1.15. The Balaban J connectivity index is 2.29. The minimum atomic E-state index is -0.394. The molecule has 0 aliphatic heterocycles. The Morgan fingerprint density at radius 3 is 2.94 bits per heavy atom. The molecule has 0 aliphatic rings. The van der Waals surface area contributed by atoms with Gasteiger partial charge in [-0.3, -0.25) is 0 Å². The average Bonchev–Trinajstić information content (AvgIpc) is 2.79. The Kier molecular flexibility index (Phi) is 2.90. The number of azo groups is 1. The lowest BCUT2D eigenvalue weighted by atomic mass is 10.3. The van der Waals surface area contributed by atoms with Crippen LogP contribution in [0, 0.1) is 5.82 Å². The van der Waals surface area contributed by atoms with Gasteiger partial charge in [0.1, 0.15) is 17.3 Å². The summed E-state index contributed by atoms with van der Waals surface area (Å²) >= 11 is 0. The molecule has 1 aromatic carbocycles. The molecular formula is C10H9FN4O. The van der Waals surface area contributed by atoms with Crippen LogP contribution >= 0.6 is 0 Å². The molecule has 0 fully saturated rings. The minimum Gasteiger partial charge on any atom is -0.494 e. The normalized spacial score (nSPS) is 10.9. The summed E-state index contributed by atoms with van der Waals surface area (Å²) in [5.41, 5.74) is 0.318. The van der Waals surface area contributed by atoms with Crippen LogP contribution in [0.25, 0.3) is 0 Å². The maximum Gasteiger partial charge on any atom is 0.246 e. The van der Waals surface area contributed by atoms with E-state index in [9.17, 15) is 4.39 Å². The molecule has 1 N–H and O–H groups in total. The number of hydrogen-bond acceptors (Lipinski definition) is 4. The second-order valence-electron chi connectivity index (χ2n) is 2.93. The van der Waals surface area contributed by atoms with E-state index in [-0.39, 0.29) is 0 Å². The van der Waals surface area contributed by atoms with Gasteiger partial charge in [0.2, 0.25) is 5.95 Å². The predicted molar refractivity (Wildman–Crippen MR) is 55.7 cm³/mol. The Bertz CT molecular complexity index is 496. The van der Waals surface area contributed by atoms with Gasteiger partial charge >= 0.3 is 0 Å². The first-order chi connectivity index (χ1) is 7.79. The van der Waals surface area contributed by atoms with Crippen LogP contribution in [0.4, 0.5) is 16.0 Å². The molecule has 0 amide bonds. The molecule has 82 valence electrons. The van der Waals surface area contributed by atoms with Crippen LogP contribution in [-0.2, 0) is 0 Å². The molecule has 0 radical (unpaired) electrons. The summed E-state index contributed by atoms with van der Waals surface area (Å²) in [6, 6.07) is 4.03. The molecule has 2 aromatic rings. The Morgan fingerprint density at radius 1 is 1.38 bits per heavy atom. The molecule has 0 spiro atoms. The molecule has 0 atom stereocenters. The number of ether oxygens (including phenoxy) is 1. The predicted octanol–water partition coefficient (Wildman–Crippen LogP) is 2.97. The molecule has 1 heterocycles. The third-order valence-electron chi connectivity index (χ3n) is 1.88. The molecule has 0 saturated heterocycles. The van der Waals surface area contributed by atoms with Crippen LogP contribution < -0.4 is 4.74 Å². The summed E-state index contributed by atoms with van der Waals surface area (Å²) < 4.78 is 18.0. The third kappa shape index (κ3) is 2.22. The molecule has 0 saturated carbocycles. The van der Waals surface area contributed by atoms with Crippen molar-refractivity contribution in [3.05, 3.63) is 36.4 Å². The number of H-pyrrole nitrogens is 1. The largest absolute Gasteiger partial charge is 0.494 e. The van der Waals surface area contributed by atoms with Gasteiger partial charge in [-0.1, -0.05) is 0 Å². The van der Waals surface area contributed by atoms with Crippen molar-refractivity contribution >= 4 is 11.6 Å². The quantitative estimate of drug-likeness (QED) is 0.808. The summed E-state index contributed by atoms with van der Waals surface area (Å²) in [7, 11) is 1.49. The number of aromatic amines is 1. The maximum atomic E-state index is 13.0. The summed E-state index contributed by atoms with van der Waals surface area (Å²) in [4.78, 5) is 6.61. The highest BCUT2D eigenvalue weighted by molar-refractivity contribution is 5.51. The van der Waals surface area contributed by atoms with Crippen molar-refractivity contribution < 1.29 is 9.13 Å². The summed E-state index contributed by atoms with van der Waals surface area (Å²) in [6.45, 7) is 0. The van der Waals surface area contributed by atoms with Gasteiger partial charge in [0.25, 0.3) is 0 Å². The standard InChI is InChI=1S/C10H9FN4O/c1-16-9-3-2-7(11)6-8(9)14-15-10-12-4-5-13-10/h2-6H,1H3,(H,12,13)/b15-14+. The molecule has 16 heavy (non-hydrogen) atoms. The fourth-order valence-corrected chi connectivity index (χ4v) is 1.15. The van der Waals surface area contributed by atoms with E-state index >= 15 is 0 Å². The van der Waals surface area contributed by atoms with E-state index in [0.29, 0.717) is 17.4 Å². The average molecular weight is 220 g/mol. The number of rotatable bonds is 3. The number of hydrogen-bond donors (Lipinski definition) is 1. The minimum absolute atomic E-state index is 0.318. The number of imidazole rings is 1. The van der Waals surface area contributed by atoms with Gasteiger partial charge in [-0.2, -0.15) is 0 Å². The Labute approximate surface area is 91.0 Å². The fraction of sp³-hybridized carbons (Fsp3) is 0.100. The first kappa shape index (κ1) is 10.3. The van der Waals surface area contributed by atoms with Crippen LogP contribution in [0.5, 0.6) is 5.75 Å². The van der Waals surface area contributed by atoms with Crippen molar-refractivity contribution in [2.45, 2.75) is 0 Å². The lowest BCUT2D eigenvalue weighted by molar-refractivity contribution is 0.414. The highest BCUT2D eigenvalue weighted by Gasteiger charge is 2.03. The van der Waals surface area contributed by atoms with Crippen LogP contribution in [0.2, 0.25) is 0 Å². The van der Waals surface area contributed by atoms with Crippen molar-refractivity contribution in [1.82, 2.24) is 9.97 Å². The van der Waals surface area contributed by atoms with Crippen LogP contribution in [0.15, 0.2) is 40.8 Å². The zero-order chi connectivity index (χ0) is 11.4. The highest BCUT2D eigenvalue weighted by atomic mass is 19.1. The Morgan fingerprint density at radius 2 is 2.25 bits per heavy atom. The molecule has 2 rings (SSSR count). The smallest absolute Gasteiger partial charge is 0.246 e. The zero-order valence-corrected chi connectivity index (χ0v) is 8.51. The molecule has 1 aromatic heterocycles. The SMILES string of the molecule is COc1ccc(F)cc1/N=N/c1ncc[nH]1. The highest BCUT2D eigenvalue weighted by Crippen LogP contribution is 2.28. The number of benzene rings is 1.